The Bertz CT molecular complexity index is 1040. The highest BCUT2D eigenvalue weighted by molar-refractivity contribution is 9.10. The second-order valence-corrected chi connectivity index (χ2v) is 8.47. The first kappa shape index (κ1) is 34.0. The van der Waals surface area contributed by atoms with E-state index in [0.717, 1.165) is 15.6 Å². The number of hydrogen-bond acceptors (Lipinski definition) is 5. The van der Waals surface area contributed by atoms with E-state index in [0.29, 0.717) is 23.7 Å². The fourth-order valence-corrected chi connectivity index (χ4v) is 3.64. The molecule has 1 aliphatic heterocycles. The third-order valence-corrected chi connectivity index (χ3v) is 5.28. The van der Waals surface area contributed by atoms with Gasteiger partial charge in [-0.1, -0.05) is 76.0 Å². The van der Waals surface area contributed by atoms with E-state index in [2.05, 4.69) is 35.1 Å². The fraction of sp³-hybridized carbons (Fsp3) is 0.448. The van der Waals surface area contributed by atoms with Crippen molar-refractivity contribution in [3.8, 4) is 5.75 Å². The van der Waals surface area contributed by atoms with Crippen LogP contribution < -0.4 is 15.0 Å². The molecule has 0 spiro atoms. The zero-order valence-electron chi connectivity index (χ0n) is 23.8. The summed E-state index contributed by atoms with van der Waals surface area (Å²) in [5.74, 6) is 0.735. The lowest BCUT2D eigenvalue weighted by Crippen LogP contribution is -2.42. The van der Waals surface area contributed by atoms with E-state index in [1.54, 1.807) is 20.1 Å². The van der Waals surface area contributed by atoms with Crippen molar-refractivity contribution in [1.29, 1.82) is 10.8 Å². The van der Waals surface area contributed by atoms with Gasteiger partial charge >= 0.3 is 0 Å². The second-order valence-electron chi connectivity index (χ2n) is 7.55. The molecule has 37 heavy (non-hydrogen) atoms. The van der Waals surface area contributed by atoms with E-state index in [9.17, 15) is 4.79 Å². The molecule has 2 aromatic carbocycles. The summed E-state index contributed by atoms with van der Waals surface area (Å²) >= 11 is 3.46. The van der Waals surface area contributed by atoms with Crippen molar-refractivity contribution in [2.45, 2.75) is 74.3 Å². The number of nitrogens with one attached hydrogen (secondary N) is 3. The Balaban J connectivity index is 0.00000169. The van der Waals surface area contributed by atoms with Crippen LogP contribution >= 0.6 is 15.9 Å². The van der Waals surface area contributed by atoms with Gasteiger partial charge in [-0.25, -0.2) is 0 Å². The van der Waals surface area contributed by atoms with Crippen LogP contribution in [-0.2, 0) is 4.79 Å². The van der Waals surface area contributed by atoms with Crippen LogP contribution in [0.1, 0.15) is 79.4 Å². The number of fused-ring (bicyclic) bond motifs is 1. The largest absolute Gasteiger partial charge is 0.497 e. The summed E-state index contributed by atoms with van der Waals surface area (Å²) in [6, 6.07) is 12.5. The molecule has 0 saturated heterocycles. The van der Waals surface area contributed by atoms with Gasteiger partial charge in [-0.2, -0.15) is 0 Å². The molecule has 0 bridgehead atoms. The maximum atomic E-state index is 12.3. The van der Waals surface area contributed by atoms with Crippen molar-refractivity contribution in [2.24, 2.45) is 4.99 Å². The lowest BCUT2D eigenvalue weighted by atomic mass is 9.99. The molecular weight excluding hydrogens is 530 g/mol. The zero-order valence-corrected chi connectivity index (χ0v) is 25.4. The minimum atomic E-state index is -0.728. The van der Waals surface area contributed by atoms with Gasteiger partial charge in [-0.3, -0.25) is 25.5 Å². The molecule has 1 aliphatic rings. The van der Waals surface area contributed by atoms with Crippen LogP contribution in [0.25, 0.3) is 0 Å². The normalized spacial score (nSPS) is 13.6. The van der Waals surface area contributed by atoms with E-state index >= 15 is 0 Å². The number of aliphatic imine (C=N–C) groups is 1. The molecule has 1 amide bonds. The summed E-state index contributed by atoms with van der Waals surface area (Å²) in [4.78, 5) is 18.7. The Labute approximate surface area is 231 Å². The number of anilines is 1. The first-order chi connectivity index (χ1) is 17.8. The number of amidine groups is 2. The van der Waals surface area contributed by atoms with Crippen molar-refractivity contribution >= 4 is 44.9 Å². The molecule has 204 valence electrons. The third kappa shape index (κ3) is 9.76. The average molecular weight is 575 g/mol. The monoisotopic (exact) mass is 573 g/mol. The van der Waals surface area contributed by atoms with E-state index in [4.69, 9.17) is 20.5 Å². The number of benzene rings is 2. The Hall–Kier alpha value is -3.00. The van der Waals surface area contributed by atoms with Gasteiger partial charge in [0.15, 0.2) is 0 Å². The quantitative estimate of drug-likeness (QED) is 0.255. The van der Waals surface area contributed by atoms with Gasteiger partial charge < -0.3 is 10.1 Å². The zero-order chi connectivity index (χ0) is 28.5. The van der Waals surface area contributed by atoms with Gasteiger partial charge in [0.25, 0.3) is 0 Å². The number of methoxy groups -OCH3 is 1. The number of ether oxygens (including phenoxy) is 1. The van der Waals surface area contributed by atoms with Crippen molar-refractivity contribution in [2.75, 3.05) is 18.6 Å². The van der Waals surface area contributed by atoms with Crippen LogP contribution in [0.4, 0.5) is 5.69 Å². The molecule has 1 atom stereocenters. The molecule has 0 fully saturated rings. The Kier molecular flexibility index (Phi) is 16.8. The lowest BCUT2D eigenvalue weighted by Gasteiger charge is -2.26. The minimum absolute atomic E-state index is 0.0294. The molecule has 8 heteroatoms. The molecule has 0 aliphatic carbocycles. The van der Waals surface area contributed by atoms with Gasteiger partial charge in [0.2, 0.25) is 5.91 Å². The Morgan fingerprint density at radius 2 is 1.65 bits per heavy atom. The standard InChI is InChI=1S/C22H24BrN5O2.C3H8.2C2H6/c1-4-26-20(29)12-18-22(25)28(13(2)24)19-10-9-16(30-3)11-17(19)21(27-18)14-5-7-15(23)8-6-14;1-3-2;2*1-2/h5-11,18,24-25H,4,12H2,1-3H3,(H,26,29);3H2,1-2H3;2*1-2H3/t18-;;;/m0.../s1. The summed E-state index contributed by atoms with van der Waals surface area (Å²) in [5.41, 5.74) is 2.91. The summed E-state index contributed by atoms with van der Waals surface area (Å²) < 4.78 is 6.36. The average Bonchev–Trinajstić information content (AvgIpc) is 3.01. The fourth-order valence-electron chi connectivity index (χ4n) is 3.38. The van der Waals surface area contributed by atoms with Crippen LogP contribution in [-0.4, -0.2) is 43.0 Å². The maximum Gasteiger partial charge on any atom is 0.222 e. The predicted molar refractivity (Wildman–Crippen MR) is 162 cm³/mol. The van der Waals surface area contributed by atoms with Crippen molar-refractivity contribution in [3.63, 3.8) is 0 Å². The number of halogens is 1. The van der Waals surface area contributed by atoms with E-state index in [1.165, 1.54) is 11.3 Å². The predicted octanol–water partition coefficient (Wildman–Crippen LogP) is 7.45. The maximum absolute atomic E-state index is 12.3. The molecule has 0 unspecified atom stereocenters. The lowest BCUT2D eigenvalue weighted by molar-refractivity contribution is -0.121. The highest BCUT2D eigenvalue weighted by Crippen LogP contribution is 2.33. The highest BCUT2D eigenvalue weighted by atomic mass is 79.9. The highest BCUT2D eigenvalue weighted by Gasteiger charge is 2.32. The molecule has 3 N–H and O–H groups in total. The van der Waals surface area contributed by atoms with Crippen molar-refractivity contribution in [3.05, 3.63) is 58.1 Å². The molecule has 0 radical (unpaired) electrons. The Morgan fingerprint density at radius 1 is 1.08 bits per heavy atom. The first-order valence-corrected chi connectivity index (χ1v) is 13.8. The summed E-state index contributed by atoms with van der Waals surface area (Å²) in [5, 5.41) is 19.8. The van der Waals surface area contributed by atoms with Gasteiger partial charge in [-0.05, 0) is 44.2 Å². The number of amides is 1. The second kappa shape index (κ2) is 18.3. The smallest absolute Gasteiger partial charge is 0.222 e. The molecular formula is C29H44BrN5O2. The topological polar surface area (TPSA) is 102 Å². The van der Waals surface area contributed by atoms with Crippen LogP contribution in [0.5, 0.6) is 5.75 Å². The molecule has 2 aromatic rings. The van der Waals surface area contributed by atoms with Crippen LogP contribution in [0, 0.1) is 10.8 Å². The van der Waals surface area contributed by atoms with Gasteiger partial charge in [0, 0.05) is 22.1 Å². The molecule has 0 aromatic heterocycles. The van der Waals surface area contributed by atoms with E-state index in [1.807, 2.05) is 71.0 Å². The Morgan fingerprint density at radius 3 is 2.14 bits per heavy atom. The molecule has 7 nitrogen and oxygen atoms in total. The summed E-state index contributed by atoms with van der Waals surface area (Å²) in [6.07, 6.45) is 1.28. The minimum Gasteiger partial charge on any atom is -0.497 e. The third-order valence-electron chi connectivity index (χ3n) is 4.75. The van der Waals surface area contributed by atoms with Gasteiger partial charge in [0.05, 0.1) is 24.9 Å². The van der Waals surface area contributed by atoms with Crippen LogP contribution in [0.15, 0.2) is 51.9 Å². The summed E-state index contributed by atoms with van der Waals surface area (Å²) in [7, 11) is 1.59. The number of nitrogens with zero attached hydrogens (tertiary/aromatic N) is 2. The van der Waals surface area contributed by atoms with Gasteiger partial charge in [0.1, 0.15) is 23.5 Å². The number of benzodiazepines with no additional fused rings is 1. The SMILES string of the molecule is CC.CC.CCC.CCNC(=O)C[C@@H]1N=C(c2ccc(Br)cc2)c2cc(OC)ccc2N(C(C)=N)C1=N. The van der Waals surface area contributed by atoms with Crippen molar-refractivity contribution in [1.82, 2.24) is 5.32 Å². The summed E-state index contributed by atoms with van der Waals surface area (Å²) in [6.45, 7) is 16.2. The molecule has 1 heterocycles. The molecule has 0 saturated carbocycles. The van der Waals surface area contributed by atoms with Crippen LogP contribution in [0.3, 0.4) is 0 Å². The number of carbonyl (C=O) groups is 1. The number of carbonyl (C=O) groups excluding carboxylic acids is 1. The van der Waals surface area contributed by atoms with E-state index < -0.39 is 6.04 Å². The number of hydrogen-bond donors (Lipinski definition) is 3. The molecule has 3 rings (SSSR count). The van der Waals surface area contributed by atoms with Gasteiger partial charge in [-0.15, -0.1) is 0 Å². The first-order valence-electron chi connectivity index (χ1n) is 13.0. The van der Waals surface area contributed by atoms with Crippen LogP contribution in [0.2, 0.25) is 0 Å². The number of rotatable bonds is 5. The van der Waals surface area contributed by atoms with E-state index in [-0.39, 0.29) is 24.0 Å². The van der Waals surface area contributed by atoms with Crippen molar-refractivity contribution < 1.29 is 9.53 Å².